The number of carbonyl (C=O) groups excluding carboxylic acids is 3. The number of alkyl carbamates (subject to hydrolysis) is 1. The lowest BCUT2D eigenvalue weighted by molar-refractivity contribution is -0.146. The van der Waals surface area contributed by atoms with E-state index in [9.17, 15) is 24.3 Å². The Balaban J connectivity index is 1.69. The van der Waals surface area contributed by atoms with Gasteiger partial charge in [-0.25, -0.2) is 9.59 Å². The summed E-state index contributed by atoms with van der Waals surface area (Å²) in [6, 6.07) is -1.65. The number of nitrogens with zero attached hydrogens (tertiary/aromatic N) is 1. The third-order valence-electron chi connectivity index (χ3n) is 6.82. The van der Waals surface area contributed by atoms with Crippen molar-refractivity contribution in [2.75, 3.05) is 6.54 Å². The van der Waals surface area contributed by atoms with Crippen LogP contribution < -0.4 is 10.6 Å². The smallest absolute Gasteiger partial charge is 0.408 e. The molecule has 4 atom stereocenters. The maximum absolute atomic E-state index is 13.5. The summed E-state index contributed by atoms with van der Waals surface area (Å²) in [6.07, 6.45) is 5.83. The highest BCUT2D eigenvalue weighted by Gasteiger charge is 2.61. The van der Waals surface area contributed by atoms with E-state index in [4.69, 9.17) is 4.74 Å². The van der Waals surface area contributed by atoms with Gasteiger partial charge in [-0.3, -0.25) is 9.59 Å². The Morgan fingerprint density at radius 3 is 2.34 bits per heavy atom. The number of hydrogen-bond acceptors (Lipinski definition) is 5. The molecule has 9 nitrogen and oxygen atoms in total. The molecule has 1 heterocycles. The fraction of sp³-hybridized carbons (Fsp3) is 0.739. The summed E-state index contributed by atoms with van der Waals surface area (Å²) < 4.78 is 5.47. The molecular weight excluding hydrogens is 414 g/mol. The highest BCUT2D eigenvalue weighted by Crippen LogP contribution is 2.44. The maximum Gasteiger partial charge on any atom is 0.408 e. The lowest BCUT2D eigenvalue weighted by Crippen LogP contribution is -2.59. The Morgan fingerprint density at radius 2 is 1.81 bits per heavy atom. The summed E-state index contributed by atoms with van der Waals surface area (Å²) in [6.45, 7) is 9.53. The monoisotopic (exact) mass is 449 g/mol. The van der Waals surface area contributed by atoms with Gasteiger partial charge in [0.25, 0.3) is 0 Å². The first-order chi connectivity index (χ1) is 15.0. The second-order valence-corrected chi connectivity index (χ2v) is 10.3. The van der Waals surface area contributed by atoms with Crippen LogP contribution in [0.25, 0.3) is 0 Å². The lowest BCUT2D eigenvalue weighted by Gasteiger charge is -2.35. The molecule has 0 aromatic heterocycles. The zero-order valence-electron chi connectivity index (χ0n) is 19.2. The Hall–Kier alpha value is -2.58. The summed E-state index contributed by atoms with van der Waals surface area (Å²) in [5.41, 5.74) is -1.95. The normalized spacial score (nSPS) is 28.7. The third-order valence-corrected chi connectivity index (χ3v) is 6.82. The van der Waals surface area contributed by atoms with Gasteiger partial charge in [-0.1, -0.05) is 26.8 Å². The van der Waals surface area contributed by atoms with Crippen LogP contribution in [0.15, 0.2) is 12.7 Å². The molecule has 178 valence electrons. The SMILES string of the molecule is C=C[C@@H]1C[C@]1(NC(=O)[C@@H]1CCCN1C(=O)[C@@H](NC(=O)OC1CCCC1)C(C)(C)C)C(=O)O. The van der Waals surface area contributed by atoms with E-state index in [1.807, 2.05) is 20.8 Å². The molecule has 2 saturated carbocycles. The van der Waals surface area contributed by atoms with Gasteiger partial charge >= 0.3 is 12.1 Å². The van der Waals surface area contributed by atoms with Crippen LogP contribution in [0.1, 0.15) is 65.7 Å². The molecule has 1 saturated heterocycles. The van der Waals surface area contributed by atoms with Crippen LogP contribution in [0, 0.1) is 11.3 Å². The molecule has 3 aliphatic rings. The first-order valence-electron chi connectivity index (χ1n) is 11.4. The van der Waals surface area contributed by atoms with Crippen LogP contribution in [-0.4, -0.2) is 64.2 Å². The minimum Gasteiger partial charge on any atom is -0.479 e. The second-order valence-electron chi connectivity index (χ2n) is 10.3. The molecule has 0 aromatic rings. The molecule has 3 rings (SSSR count). The van der Waals surface area contributed by atoms with E-state index in [2.05, 4.69) is 17.2 Å². The van der Waals surface area contributed by atoms with Gasteiger partial charge in [-0.2, -0.15) is 0 Å². The first kappa shape index (κ1) is 24.1. The number of carboxylic acid groups (broad SMARTS) is 1. The molecule has 1 aliphatic heterocycles. The van der Waals surface area contributed by atoms with E-state index in [0.29, 0.717) is 19.4 Å². The minimum atomic E-state index is -1.34. The number of amides is 3. The van der Waals surface area contributed by atoms with Crippen molar-refractivity contribution < 1.29 is 29.0 Å². The standard InChI is InChI=1S/C23H35N3O6/c1-5-14-13-23(14,20(29)30)25-18(27)16-11-8-12-26(16)19(28)17(22(2,3)4)24-21(31)32-15-9-6-7-10-15/h5,14-17H,1,6-13H2,2-4H3,(H,24,31)(H,25,27)(H,29,30)/t14-,16+,17-,23-/m1/s1. The average Bonchev–Trinajstić information content (AvgIpc) is 3.06. The first-order valence-corrected chi connectivity index (χ1v) is 11.4. The number of ether oxygens (including phenoxy) is 1. The van der Waals surface area contributed by atoms with E-state index in [1.54, 1.807) is 0 Å². The average molecular weight is 450 g/mol. The van der Waals surface area contributed by atoms with E-state index < -0.39 is 41.0 Å². The lowest BCUT2D eigenvalue weighted by atomic mass is 9.85. The largest absolute Gasteiger partial charge is 0.479 e. The van der Waals surface area contributed by atoms with Gasteiger partial charge in [0.15, 0.2) is 0 Å². The Bertz CT molecular complexity index is 785. The van der Waals surface area contributed by atoms with Crippen LogP contribution in [0.2, 0.25) is 0 Å². The summed E-state index contributed by atoms with van der Waals surface area (Å²) in [5.74, 6) is -2.28. The minimum absolute atomic E-state index is 0.125. The van der Waals surface area contributed by atoms with Crippen molar-refractivity contribution in [2.24, 2.45) is 11.3 Å². The van der Waals surface area contributed by atoms with Crippen molar-refractivity contribution >= 4 is 23.9 Å². The van der Waals surface area contributed by atoms with E-state index in [-0.39, 0.29) is 24.3 Å². The van der Waals surface area contributed by atoms with Crippen molar-refractivity contribution in [1.29, 1.82) is 0 Å². The number of likely N-dealkylation sites (tertiary alicyclic amines) is 1. The quantitative estimate of drug-likeness (QED) is 0.512. The number of hydrogen-bond donors (Lipinski definition) is 3. The number of carboxylic acids is 1. The fourth-order valence-electron chi connectivity index (χ4n) is 4.75. The molecule has 0 unspecified atom stereocenters. The Kier molecular flexibility index (Phi) is 6.86. The second kappa shape index (κ2) is 9.11. The third kappa shape index (κ3) is 4.91. The summed E-state index contributed by atoms with van der Waals surface area (Å²) >= 11 is 0. The Morgan fingerprint density at radius 1 is 1.16 bits per heavy atom. The highest BCUT2D eigenvalue weighted by molar-refractivity contribution is 5.96. The number of nitrogens with one attached hydrogen (secondary N) is 2. The summed E-state index contributed by atoms with van der Waals surface area (Å²) in [5, 5.41) is 14.9. The molecule has 0 radical (unpaired) electrons. The molecular formula is C23H35N3O6. The van der Waals surface area contributed by atoms with Crippen molar-refractivity contribution in [1.82, 2.24) is 15.5 Å². The van der Waals surface area contributed by atoms with Crippen molar-refractivity contribution in [3.63, 3.8) is 0 Å². The number of carbonyl (C=O) groups is 4. The summed E-state index contributed by atoms with van der Waals surface area (Å²) in [4.78, 5) is 52.1. The molecule has 3 fully saturated rings. The van der Waals surface area contributed by atoms with Crippen LogP contribution in [0.3, 0.4) is 0 Å². The Labute approximate surface area is 188 Å². The van der Waals surface area contributed by atoms with Crippen molar-refractivity contribution in [2.45, 2.75) is 89.4 Å². The van der Waals surface area contributed by atoms with Gasteiger partial charge in [0.2, 0.25) is 11.8 Å². The van der Waals surface area contributed by atoms with Crippen LogP contribution in [-0.2, 0) is 19.1 Å². The van der Waals surface area contributed by atoms with Gasteiger partial charge in [0, 0.05) is 12.5 Å². The molecule has 9 heteroatoms. The van der Waals surface area contributed by atoms with Crippen LogP contribution in [0.5, 0.6) is 0 Å². The zero-order chi connectivity index (χ0) is 23.7. The molecule has 0 bridgehead atoms. The maximum atomic E-state index is 13.5. The van der Waals surface area contributed by atoms with Gasteiger partial charge in [0.05, 0.1) is 0 Å². The molecule has 2 aliphatic carbocycles. The van der Waals surface area contributed by atoms with Crippen LogP contribution in [0.4, 0.5) is 4.79 Å². The van der Waals surface area contributed by atoms with Gasteiger partial charge < -0.3 is 25.4 Å². The molecule has 3 amide bonds. The van der Waals surface area contributed by atoms with Gasteiger partial charge in [-0.15, -0.1) is 6.58 Å². The van der Waals surface area contributed by atoms with Crippen molar-refractivity contribution in [3.8, 4) is 0 Å². The topological polar surface area (TPSA) is 125 Å². The number of aliphatic carboxylic acids is 1. The zero-order valence-corrected chi connectivity index (χ0v) is 19.2. The fourth-order valence-corrected chi connectivity index (χ4v) is 4.75. The molecule has 32 heavy (non-hydrogen) atoms. The van der Waals surface area contributed by atoms with E-state index >= 15 is 0 Å². The predicted octanol–water partition coefficient (Wildman–Crippen LogP) is 2.21. The summed E-state index contributed by atoms with van der Waals surface area (Å²) in [7, 11) is 0. The molecule has 3 N–H and O–H groups in total. The van der Waals surface area contributed by atoms with E-state index in [0.717, 1.165) is 25.7 Å². The van der Waals surface area contributed by atoms with Gasteiger partial charge in [0.1, 0.15) is 23.7 Å². The molecule has 0 aromatic carbocycles. The highest BCUT2D eigenvalue weighted by atomic mass is 16.6. The van der Waals surface area contributed by atoms with E-state index in [1.165, 1.54) is 11.0 Å². The molecule has 0 spiro atoms. The predicted molar refractivity (Wildman–Crippen MR) is 117 cm³/mol. The number of rotatable bonds is 7. The van der Waals surface area contributed by atoms with Crippen LogP contribution >= 0.6 is 0 Å². The van der Waals surface area contributed by atoms with Crippen molar-refractivity contribution in [3.05, 3.63) is 12.7 Å². The van der Waals surface area contributed by atoms with Gasteiger partial charge in [-0.05, 0) is 50.4 Å².